The van der Waals surface area contributed by atoms with E-state index in [1.807, 2.05) is 43.3 Å². The third kappa shape index (κ3) is 6.03. The van der Waals surface area contributed by atoms with E-state index in [4.69, 9.17) is 11.6 Å². The Kier molecular flexibility index (Phi) is 6.47. The normalized spacial score (nSPS) is 11.3. The van der Waals surface area contributed by atoms with E-state index >= 15 is 0 Å². The molecule has 0 fully saturated rings. The maximum absolute atomic E-state index is 12.5. The minimum Gasteiger partial charge on any atom is -0.283 e. The molecule has 3 aromatic rings. The van der Waals surface area contributed by atoms with Crippen molar-refractivity contribution in [1.82, 2.24) is 0 Å². The number of anilines is 1. The molecule has 0 saturated heterocycles. The SMILES string of the molecule is Cc1cc(CSc2ccccc2)ccc1NS(=O)(=O)Cc1ccc(Cl)cc1. The topological polar surface area (TPSA) is 46.2 Å². The molecule has 0 aliphatic carbocycles. The van der Waals surface area contributed by atoms with Gasteiger partial charge >= 0.3 is 0 Å². The molecule has 3 nitrogen and oxygen atoms in total. The van der Waals surface area contributed by atoms with Gasteiger partial charge in [0.15, 0.2) is 0 Å². The third-order valence-electron chi connectivity index (χ3n) is 3.97. The molecular formula is C21H20ClNO2S2. The number of nitrogens with one attached hydrogen (secondary N) is 1. The van der Waals surface area contributed by atoms with Crippen LogP contribution in [0.5, 0.6) is 0 Å². The minimum absolute atomic E-state index is 0.0881. The fraction of sp³-hybridized carbons (Fsp3) is 0.143. The molecule has 3 rings (SSSR count). The monoisotopic (exact) mass is 417 g/mol. The van der Waals surface area contributed by atoms with Gasteiger partial charge in [0.25, 0.3) is 0 Å². The van der Waals surface area contributed by atoms with Gasteiger partial charge in [-0.15, -0.1) is 11.8 Å². The first-order valence-corrected chi connectivity index (χ1v) is 11.5. The van der Waals surface area contributed by atoms with E-state index in [0.717, 1.165) is 16.9 Å². The molecule has 1 N–H and O–H groups in total. The number of rotatable bonds is 7. The van der Waals surface area contributed by atoms with Crippen molar-refractivity contribution in [2.24, 2.45) is 0 Å². The lowest BCUT2D eigenvalue weighted by molar-refractivity contribution is 0.600. The molecule has 27 heavy (non-hydrogen) atoms. The average molecular weight is 418 g/mol. The fourth-order valence-electron chi connectivity index (χ4n) is 2.62. The molecule has 0 saturated carbocycles. The van der Waals surface area contributed by atoms with Crippen molar-refractivity contribution in [1.29, 1.82) is 0 Å². The second-order valence-electron chi connectivity index (χ2n) is 6.24. The molecule has 0 aliphatic rings. The van der Waals surface area contributed by atoms with Crippen LogP contribution in [0.1, 0.15) is 16.7 Å². The zero-order valence-corrected chi connectivity index (χ0v) is 17.2. The summed E-state index contributed by atoms with van der Waals surface area (Å²) in [5, 5.41) is 0.587. The second kappa shape index (κ2) is 8.83. The van der Waals surface area contributed by atoms with Gasteiger partial charge in [-0.3, -0.25) is 4.72 Å². The summed E-state index contributed by atoms with van der Waals surface area (Å²) in [4.78, 5) is 1.21. The van der Waals surface area contributed by atoms with Crippen molar-refractivity contribution in [2.75, 3.05) is 4.72 Å². The Morgan fingerprint density at radius 1 is 0.926 bits per heavy atom. The van der Waals surface area contributed by atoms with Crippen molar-refractivity contribution in [2.45, 2.75) is 23.3 Å². The summed E-state index contributed by atoms with van der Waals surface area (Å²) < 4.78 is 27.6. The number of hydrogen-bond acceptors (Lipinski definition) is 3. The Labute approximate surface area is 169 Å². The number of sulfonamides is 1. The van der Waals surface area contributed by atoms with Crippen molar-refractivity contribution < 1.29 is 8.42 Å². The maximum atomic E-state index is 12.5. The summed E-state index contributed by atoms with van der Waals surface area (Å²) in [5.74, 6) is 0.748. The van der Waals surface area contributed by atoms with Crippen LogP contribution >= 0.6 is 23.4 Å². The highest BCUT2D eigenvalue weighted by Gasteiger charge is 2.13. The molecule has 0 unspecified atom stereocenters. The summed E-state index contributed by atoms with van der Waals surface area (Å²) in [6.07, 6.45) is 0. The molecule has 3 aromatic carbocycles. The molecule has 0 bridgehead atoms. The van der Waals surface area contributed by atoms with Crippen LogP contribution in [-0.4, -0.2) is 8.42 Å². The van der Waals surface area contributed by atoms with Gasteiger partial charge in [0.05, 0.1) is 11.4 Å². The van der Waals surface area contributed by atoms with Gasteiger partial charge in [0.1, 0.15) is 0 Å². The largest absolute Gasteiger partial charge is 0.283 e. The number of halogens is 1. The Hall–Kier alpha value is -1.95. The van der Waals surface area contributed by atoms with E-state index in [2.05, 4.69) is 16.9 Å². The smallest absolute Gasteiger partial charge is 0.236 e. The highest BCUT2D eigenvalue weighted by Crippen LogP contribution is 2.25. The minimum atomic E-state index is -3.49. The Balaban J connectivity index is 1.65. The molecule has 0 atom stereocenters. The summed E-state index contributed by atoms with van der Waals surface area (Å²) in [6.45, 7) is 1.91. The van der Waals surface area contributed by atoms with Crippen LogP contribution in [0.25, 0.3) is 0 Å². The summed E-state index contributed by atoms with van der Waals surface area (Å²) in [6, 6.07) is 22.8. The van der Waals surface area contributed by atoms with Gasteiger partial charge < -0.3 is 0 Å². The lowest BCUT2D eigenvalue weighted by Gasteiger charge is -2.12. The molecular weight excluding hydrogens is 398 g/mol. The summed E-state index contributed by atoms with van der Waals surface area (Å²) >= 11 is 7.60. The first-order chi connectivity index (χ1) is 12.9. The van der Waals surface area contributed by atoms with E-state index in [0.29, 0.717) is 16.3 Å². The predicted molar refractivity (Wildman–Crippen MR) is 115 cm³/mol. The van der Waals surface area contributed by atoms with Gasteiger partial charge in [0.2, 0.25) is 10.0 Å². The standard InChI is InChI=1S/C21H20ClNO2S2/c1-16-13-18(14-26-20-5-3-2-4-6-20)9-12-21(16)23-27(24,25)15-17-7-10-19(22)11-8-17/h2-13,23H,14-15H2,1H3. The van der Waals surface area contributed by atoms with Crippen LogP contribution in [0.2, 0.25) is 5.02 Å². The van der Waals surface area contributed by atoms with E-state index < -0.39 is 10.0 Å². The highest BCUT2D eigenvalue weighted by molar-refractivity contribution is 7.98. The molecule has 0 amide bonds. The Morgan fingerprint density at radius 3 is 2.26 bits per heavy atom. The number of benzene rings is 3. The molecule has 0 radical (unpaired) electrons. The van der Waals surface area contributed by atoms with Gasteiger partial charge in [-0.05, 0) is 53.9 Å². The van der Waals surface area contributed by atoms with Crippen LogP contribution in [0.3, 0.4) is 0 Å². The average Bonchev–Trinajstić information content (AvgIpc) is 2.64. The predicted octanol–water partition coefficient (Wildman–Crippen LogP) is 5.88. The van der Waals surface area contributed by atoms with Gasteiger partial charge in [-0.25, -0.2) is 8.42 Å². The van der Waals surface area contributed by atoms with Crippen LogP contribution in [0.4, 0.5) is 5.69 Å². The van der Waals surface area contributed by atoms with Crippen LogP contribution in [0, 0.1) is 6.92 Å². The van der Waals surface area contributed by atoms with Crippen LogP contribution in [0.15, 0.2) is 77.7 Å². The molecule has 6 heteroatoms. The zero-order valence-electron chi connectivity index (χ0n) is 14.9. The summed E-state index contributed by atoms with van der Waals surface area (Å²) in [5.41, 5.74) is 3.36. The highest BCUT2D eigenvalue weighted by atomic mass is 35.5. The van der Waals surface area contributed by atoms with Crippen molar-refractivity contribution in [3.05, 3.63) is 94.5 Å². The summed E-state index contributed by atoms with van der Waals surface area (Å²) in [7, 11) is -3.49. The van der Waals surface area contributed by atoms with Gasteiger partial charge in [-0.1, -0.05) is 54.1 Å². The number of thioether (sulfide) groups is 1. The van der Waals surface area contributed by atoms with Crippen LogP contribution < -0.4 is 4.72 Å². The quantitative estimate of drug-likeness (QED) is 0.488. The van der Waals surface area contributed by atoms with Crippen molar-refractivity contribution in [3.63, 3.8) is 0 Å². The Morgan fingerprint density at radius 2 is 1.59 bits per heavy atom. The van der Waals surface area contributed by atoms with Gasteiger partial charge in [-0.2, -0.15) is 0 Å². The zero-order chi connectivity index (χ0) is 19.3. The molecule has 140 valence electrons. The lowest BCUT2D eigenvalue weighted by Crippen LogP contribution is -2.15. The molecule has 0 aromatic heterocycles. The number of hydrogen-bond donors (Lipinski definition) is 1. The van der Waals surface area contributed by atoms with Crippen LogP contribution in [-0.2, 0) is 21.5 Å². The van der Waals surface area contributed by atoms with Crippen molar-refractivity contribution >= 4 is 39.1 Å². The van der Waals surface area contributed by atoms with E-state index in [9.17, 15) is 8.42 Å². The van der Waals surface area contributed by atoms with Gasteiger partial charge in [0, 0.05) is 15.7 Å². The third-order valence-corrected chi connectivity index (χ3v) is 6.55. The van der Waals surface area contributed by atoms with E-state index in [1.54, 1.807) is 36.0 Å². The molecule has 0 spiro atoms. The number of aryl methyl sites for hydroxylation is 1. The molecule has 0 heterocycles. The first kappa shape index (κ1) is 19.8. The lowest BCUT2D eigenvalue weighted by atomic mass is 10.1. The maximum Gasteiger partial charge on any atom is 0.236 e. The van der Waals surface area contributed by atoms with Crippen molar-refractivity contribution in [3.8, 4) is 0 Å². The first-order valence-electron chi connectivity index (χ1n) is 8.44. The van der Waals surface area contributed by atoms with E-state index in [1.165, 1.54) is 4.90 Å². The fourth-order valence-corrected chi connectivity index (χ4v) is 4.87. The second-order valence-corrected chi connectivity index (χ2v) is 9.45. The molecule has 0 aliphatic heterocycles. The Bertz CT molecular complexity index is 1000. The van der Waals surface area contributed by atoms with E-state index in [-0.39, 0.29) is 5.75 Å².